The van der Waals surface area contributed by atoms with Gasteiger partial charge >= 0.3 is 0 Å². The molecule has 8 nitrogen and oxygen atoms in total. The molecule has 1 fully saturated rings. The molecule has 12 heteroatoms. The van der Waals surface area contributed by atoms with Crippen molar-refractivity contribution in [2.75, 3.05) is 43.3 Å². The molecule has 1 aliphatic rings. The van der Waals surface area contributed by atoms with E-state index in [1.165, 1.54) is 51.3 Å². The summed E-state index contributed by atoms with van der Waals surface area (Å²) in [6, 6.07) is 17.8. The minimum atomic E-state index is -4.20. The zero-order chi connectivity index (χ0) is 27.5. The van der Waals surface area contributed by atoms with Crippen LogP contribution in [0.3, 0.4) is 0 Å². The Morgan fingerprint density at radius 2 is 1.50 bits per heavy atom. The van der Waals surface area contributed by atoms with Crippen molar-refractivity contribution in [2.45, 2.75) is 21.6 Å². The van der Waals surface area contributed by atoms with Gasteiger partial charge in [-0.2, -0.15) is 4.31 Å². The van der Waals surface area contributed by atoms with E-state index >= 15 is 0 Å². The molecule has 0 unspecified atom stereocenters. The molecule has 38 heavy (non-hydrogen) atoms. The third kappa shape index (κ3) is 6.04. The van der Waals surface area contributed by atoms with Gasteiger partial charge in [0.05, 0.1) is 15.5 Å². The number of hydrogen-bond acceptors (Lipinski definition) is 6. The standard InChI is InChI=1S/C26H28FN3O5S3/c1-20-6-10-24(11-7-20)37(32,33)29-16-14-28(15-17-29)26(31)19-30(22-5-3-4-21(27)18-22)38(34,35)25-12-8-23(36-2)9-13-25/h3-13,18H,14-17,19H2,1-2H3. The van der Waals surface area contributed by atoms with Crippen LogP contribution in [0, 0.1) is 12.7 Å². The number of thioether (sulfide) groups is 1. The Labute approximate surface area is 227 Å². The number of carbonyl (C=O) groups excluding carboxylic acids is 1. The van der Waals surface area contributed by atoms with Gasteiger partial charge in [-0.1, -0.05) is 23.8 Å². The highest BCUT2D eigenvalue weighted by atomic mass is 32.2. The molecule has 1 amide bonds. The van der Waals surface area contributed by atoms with E-state index in [1.54, 1.807) is 36.4 Å². The van der Waals surface area contributed by atoms with Gasteiger partial charge in [-0.15, -0.1) is 11.8 Å². The van der Waals surface area contributed by atoms with Crippen molar-refractivity contribution < 1.29 is 26.0 Å². The second-order valence-corrected chi connectivity index (χ2v) is 13.4. The zero-order valence-electron chi connectivity index (χ0n) is 20.9. The number of aryl methyl sites for hydroxylation is 1. The first-order valence-corrected chi connectivity index (χ1v) is 15.9. The molecule has 0 spiro atoms. The minimum absolute atomic E-state index is 0.0212. The van der Waals surface area contributed by atoms with Crippen molar-refractivity contribution in [1.82, 2.24) is 9.21 Å². The summed E-state index contributed by atoms with van der Waals surface area (Å²) in [7, 11) is -7.92. The predicted molar refractivity (Wildman–Crippen MR) is 146 cm³/mol. The van der Waals surface area contributed by atoms with Crippen molar-refractivity contribution in [3.63, 3.8) is 0 Å². The van der Waals surface area contributed by atoms with Crippen molar-refractivity contribution >= 4 is 43.4 Å². The molecular weight excluding hydrogens is 550 g/mol. The first-order chi connectivity index (χ1) is 18.0. The first kappa shape index (κ1) is 28.1. The number of hydrogen-bond donors (Lipinski definition) is 0. The van der Waals surface area contributed by atoms with Crippen molar-refractivity contribution in [1.29, 1.82) is 0 Å². The molecule has 4 rings (SSSR count). The summed E-state index contributed by atoms with van der Waals surface area (Å²) in [6.45, 7) is 1.66. The number of piperazine rings is 1. The van der Waals surface area contributed by atoms with Crippen LogP contribution in [0.25, 0.3) is 0 Å². The third-order valence-electron chi connectivity index (χ3n) is 6.27. The topological polar surface area (TPSA) is 95.1 Å². The van der Waals surface area contributed by atoms with Gasteiger partial charge in [0.1, 0.15) is 12.4 Å². The molecule has 1 saturated heterocycles. The molecule has 3 aromatic carbocycles. The molecule has 0 N–H and O–H groups in total. The second-order valence-electron chi connectivity index (χ2n) is 8.77. The number of rotatable bonds is 8. The molecule has 0 aliphatic carbocycles. The van der Waals surface area contributed by atoms with Crippen LogP contribution in [0.15, 0.2) is 87.5 Å². The maximum absolute atomic E-state index is 14.0. The summed E-state index contributed by atoms with van der Waals surface area (Å²) in [5.74, 6) is -1.14. The lowest BCUT2D eigenvalue weighted by molar-refractivity contribution is -0.130. The van der Waals surface area contributed by atoms with Crippen LogP contribution in [0.2, 0.25) is 0 Å². The van der Waals surface area contributed by atoms with Crippen LogP contribution in [-0.2, 0) is 24.8 Å². The molecule has 1 aliphatic heterocycles. The monoisotopic (exact) mass is 577 g/mol. The summed E-state index contributed by atoms with van der Waals surface area (Å²) in [5, 5.41) is 0. The zero-order valence-corrected chi connectivity index (χ0v) is 23.4. The molecule has 0 atom stereocenters. The van der Waals surface area contributed by atoms with Crippen molar-refractivity contribution in [3.05, 3.63) is 84.2 Å². The predicted octanol–water partition coefficient (Wildman–Crippen LogP) is 3.58. The van der Waals surface area contributed by atoms with Gasteiger partial charge in [-0.05, 0) is 67.8 Å². The summed E-state index contributed by atoms with van der Waals surface area (Å²) in [4.78, 5) is 15.7. The Morgan fingerprint density at radius 3 is 2.08 bits per heavy atom. The summed E-state index contributed by atoms with van der Waals surface area (Å²) < 4.78 is 69.4. The lowest BCUT2D eigenvalue weighted by Crippen LogP contribution is -2.53. The van der Waals surface area contributed by atoms with E-state index in [2.05, 4.69) is 0 Å². The molecule has 0 saturated carbocycles. The van der Waals surface area contributed by atoms with Gasteiger partial charge in [-0.25, -0.2) is 21.2 Å². The van der Waals surface area contributed by atoms with E-state index < -0.39 is 38.3 Å². The lowest BCUT2D eigenvalue weighted by atomic mass is 10.2. The number of benzene rings is 3. The normalized spacial score (nSPS) is 14.9. The number of carbonyl (C=O) groups is 1. The summed E-state index contributed by atoms with van der Waals surface area (Å²) in [5.41, 5.74) is 0.963. The molecule has 0 aromatic heterocycles. The number of anilines is 1. The van der Waals surface area contributed by atoms with Crippen LogP contribution < -0.4 is 4.31 Å². The fourth-order valence-corrected chi connectivity index (χ4v) is 7.32. The van der Waals surface area contributed by atoms with Crippen LogP contribution in [0.1, 0.15) is 5.56 Å². The molecule has 202 valence electrons. The maximum Gasteiger partial charge on any atom is 0.264 e. The van der Waals surface area contributed by atoms with E-state index in [1.807, 2.05) is 13.2 Å². The van der Waals surface area contributed by atoms with Crippen molar-refractivity contribution in [3.8, 4) is 0 Å². The van der Waals surface area contributed by atoms with Crippen LogP contribution in [0.4, 0.5) is 10.1 Å². The van der Waals surface area contributed by atoms with Crippen molar-refractivity contribution in [2.24, 2.45) is 0 Å². The Bertz CT molecular complexity index is 1500. The second kappa shape index (κ2) is 11.4. The van der Waals surface area contributed by atoms with Gasteiger partial charge in [-0.3, -0.25) is 9.10 Å². The highest BCUT2D eigenvalue weighted by molar-refractivity contribution is 7.98. The average Bonchev–Trinajstić information content (AvgIpc) is 2.91. The molecule has 3 aromatic rings. The van der Waals surface area contributed by atoms with Crippen LogP contribution in [-0.4, -0.2) is 70.9 Å². The number of nitrogens with zero attached hydrogens (tertiary/aromatic N) is 3. The van der Waals surface area contributed by atoms with E-state index in [4.69, 9.17) is 0 Å². The highest BCUT2D eigenvalue weighted by Crippen LogP contribution is 2.27. The number of halogens is 1. The largest absolute Gasteiger partial charge is 0.338 e. The van der Waals surface area contributed by atoms with Gasteiger partial charge < -0.3 is 4.90 Å². The third-order valence-corrected chi connectivity index (χ3v) is 10.7. The molecular formula is C26H28FN3O5S3. The Hall–Kier alpha value is -2.93. The minimum Gasteiger partial charge on any atom is -0.338 e. The highest BCUT2D eigenvalue weighted by Gasteiger charge is 2.33. The SMILES string of the molecule is CSc1ccc(S(=O)(=O)N(CC(=O)N2CCN(S(=O)(=O)c3ccc(C)cc3)CC2)c2cccc(F)c2)cc1. The van der Waals surface area contributed by atoms with E-state index in [9.17, 15) is 26.0 Å². The first-order valence-electron chi connectivity index (χ1n) is 11.8. The van der Waals surface area contributed by atoms with Gasteiger partial charge in [0.15, 0.2) is 0 Å². The number of sulfonamides is 2. The smallest absolute Gasteiger partial charge is 0.264 e. The average molecular weight is 578 g/mol. The Morgan fingerprint density at radius 1 is 0.895 bits per heavy atom. The fourth-order valence-electron chi connectivity index (χ4n) is 4.08. The quantitative estimate of drug-likeness (QED) is 0.380. The number of amides is 1. The van der Waals surface area contributed by atoms with E-state index in [0.717, 1.165) is 20.8 Å². The van der Waals surface area contributed by atoms with Crippen LogP contribution >= 0.6 is 11.8 Å². The van der Waals surface area contributed by atoms with E-state index in [0.29, 0.717) is 0 Å². The molecule has 0 radical (unpaired) electrons. The molecule has 0 bridgehead atoms. The fraction of sp³-hybridized carbons (Fsp3) is 0.269. The van der Waals surface area contributed by atoms with E-state index in [-0.39, 0.29) is 41.7 Å². The maximum atomic E-state index is 14.0. The van der Waals surface area contributed by atoms with Gasteiger partial charge in [0.2, 0.25) is 15.9 Å². The summed E-state index contributed by atoms with van der Waals surface area (Å²) >= 11 is 1.46. The molecule has 1 heterocycles. The van der Waals surface area contributed by atoms with Gasteiger partial charge in [0.25, 0.3) is 10.0 Å². The Balaban J connectivity index is 1.53. The van der Waals surface area contributed by atoms with Crippen LogP contribution in [0.5, 0.6) is 0 Å². The lowest BCUT2D eigenvalue weighted by Gasteiger charge is -2.35. The Kier molecular flexibility index (Phi) is 8.46. The van der Waals surface area contributed by atoms with Gasteiger partial charge in [0, 0.05) is 31.1 Å². The summed E-state index contributed by atoms with van der Waals surface area (Å²) in [6.07, 6.45) is 1.87.